The number of anilines is 1. The highest BCUT2D eigenvalue weighted by Crippen LogP contribution is 2.44. The fourth-order valence-electron chi connectivity index (χ4n) is 4.09. The second-order valence-corrected chi connectivity index (χ2v) is 9.30. The Morgan fingerprint density at radius 2 is 2.00 bits per heavy atom. The van der Waals surface area contributed by atoms with Crippen molar-refractivity contribution in [1.29, 1.82) is 0 Å². The molecule has 1 amide bonds. The first-order valence-electron chi connectivity index (χ1n) is 9.80. The summed E-state index contributed by atoms with van der Waals surface area (Å²) in [6.45, 7) is 1.96. The molecular weight excluding hydrogens is 471 g/mol. The van der Waals surface area contributed by atoms with Crippen LogP contribution in [-0.4, -0.2) is 27.9 Å². The van der Waals surface area contributed by atoms with Gasteiger partial charge >= 0.3 is 5.91 Å². The largest absolute Gasteiger partial charge is 0.507 e. The van der Waals surface area contributed by atoms with Crippen LogP contribution in [0.15, 0.2) is 53.5 Å². The highest BCUT2D eigenvalue weighted by molar-refractivity contribution is 7.14. The Hall–Kier alpha value is -2.87. The minimum Gasteiger partial charge on any atom is -0.507 e. The third kappa shape index (κ3) is 3.37. The number of hydrogen-bond donors (Lipinski definition) is 1. The molecule has 0 saturated carbocycles. The average Bonchev–Trinajstić information content (AvgIpc) is 3.47. The predicted octanol–water partition coefficient (Wildman–Crippen LogP) is 5.40. The normalized spacial score (nSPS) is 21.7. The minimum absolute atomic E-state index is 0.0319. The first kappa shape index (κ1) is 21.0. The van der Waals surface area contributed by atoms with Crippen molar-refractivity contribution in [2.75, 3.05) is 4.90 Å². The van der Waals surface area contributed by atoms with Crippen molar-refractivity contribution in [1.82, 2.24) is 4.98 Å². The molecule has 2 aliphatic heterocycles. The molecule has 6 nitrogen and oxygen atoms in total. The maximum atomic E-state index is 13.1. The molecule has 3 aromatic rings. The van der Waals surface area contributed by atoms with Crippen LogP contribution in [0.4, 0.5) is 5.13 Å². The van der Waals surface area contributed by atoms with Crippen LogP contribution < -0.4 is 9.64 Å². The summed E-state index contributed by atoms with van der Waals surface area (Å²) in [5, 5.41) is 13.9. The van der Waals surface area contributed by atoms with E-state index in [-0.39, 0.29) is 22.5 Å². The number of aliphatic hydroxyl groups excluding tert-OH is 1. The monoisotopic (exact) mass is 486 g/mol. The van der Waals surface area contributed by atoms with Crippen LogP contribution in [0.3, 0.4) is 0 Å². The van der Waals surface area contributed by atoms with Crippen LogP contribution in [0.2, 0.25) is 10.0 Å². The number of amides is 1. The molecule has 2 aromatic carbocycles. The molecule has 1 N–H and O–H groups in total. The van der Waals surface area contributed by atoms with E-state index in [1.54, 1.807) is 48.0 Å². The zero-order valence-corrected chi connectivity index (χ0v) is 19.0. The quantitative estimate of drug-likeness (QED) is 0.304. The molecule has 0 radical (unpaired) electrons. The van der Waals surface area contributed by atoms with Gasteiger partial charge in [-0.1, -0.05) is 29.3 Å². The van der Waals surface area contributed by atoms with Gasteiger partial charge in [-0.15, -0.1) is 11.3 Å². The number of aromatic nitrogens is 1. The molecule has 0 aliphatic carbocycles. The molecular formula is C23H16Cl2N2O4S. The van der Waals surface area contributed by atoms with E-state index in [9.17, 15) is 14.7 Å². The fourth-order valence-corrected chi connectivity index (χ4v) is 5.06. The standard InChI is InChI=1S/C23H16Cl2N2O4S/c1-11-8-14-9-13(3-5-17(14)31-11)20(28)18-19(12-2-4-15(24)16(25)10-12)27(22(30)21(18)29)23-26-6-7-32-23/h2-7,9-11,19,28H,8H2,1H3/t11-,19-/m1/s1. The smallest absolute Gasteiger partial charge is 0.301 e. The predicted molar refractivity (Wildman–Crippen MR) is 124 cm³/mol. The molecule has 0 bridgehead atoms. The fraction of sp³-hybridized carbons (Fsp3) is 0.174. The van der Waals surface area contributed by atoms with Gasteiger partial charge in [0.05, 0.1) is 21.7 Å². The van der Waals surface area contributed by atoms with Crippen LogP contribution in [-0.2, 0) is 16.0 Å². The second-order valence-electron chi connectivity index (χ2n) is 7.61. The number of carbonyl (C=O) groups is 2. The summed E-state index contributed by atoms with van der Waals surface area (Å²) in [6.07, 6.45) is 2.28. The van der Waals surface area contributed by atoms with Crippen molar-refractivity contribution >= 4 is 57.1 Å². The lowest BCUT2D eigenvalue weighted by atomic mass is 9.94. The molecule has 3 heterocycles. The summed E-state index contributed by atoms with van der Waals surface area (Å²) in [6, 6.07) is 9.18. The molecule has 162 valence electrons. The van der Waals surface area contributed by atoms with E-state index in [2.05, 4.69) is 4.98 Å². The molecule has 0 unspecified atom stereocenters. The Labute approximate surface area is 197 Å². The number of nitrogens with zero attached hydrogens (tertiary/aromatic N) is 2. The maximum Gasteiger partial charge on any atom is 0.301 e. The lowest BCUT2D eigenvalue weighted by Crippen LogP contribution is -2.29. The third-order valence-corrected chi connectivity index (χ3v) is 7.01. The number of hydrogen-bond acceptors (Lipinski definition) is 6. The first-order chi connectivity index (χ1) is 15.3. The van der Waals surface area contributed by atoms with Crippen molar-refractivity contribution in [2.45, 2.75) is 25.5 Å². The minimum atomic E-state index is -0.903. The van der Waals surface area contributed by atoms with Crippen molar-refractivity contribution in [2.24, 2.45) is 0 Å². The van der Waals surface area contributed by atoms with E-state index in [1.807, 2.05) is 6.92 Å². The lowest BCUT2D eigenvalue weighted by molar-refractivity contribution is -0.132. The van der Waals surface area contributed by atoms with Gasteiger partial charge in [-0.2, -0.15) is 0 Å². The molecule has 1 fully saturated rings. The van der Waals surface area contributed by atoms with Crippen molar-refractivity contribution in [3.8, 4) is 5.75 Å². The maximum absolute atomic E-state index is 13.1. The van der Waals surface area contributed by atoms with E-state index in [0.717, 1.165) is 11.3 Å². The molecule has 2 atom stereocenters. The van der Waals surface area contributed by atoms with Gasteiger partial charge in [0.25, 0.3) is 5.78 Å². The Morgan fingerprint density at radius 3 is 2.72 bits per heavy atom. The summed E-state index contributed by atoms with van der Waals surface area (Å²) in [5.41, 5.74) is 1.87. The zero-order chi connectivity index (χ0) is 22.6. The lowest BCUT2D eigenvalue weighted by Gasteiger charge is -2.23. The number of thiazole rings is 1. The Balaban J connectivity index is 1.70. The molecule has 1 saturated heterocycles. The van der Waals surface area contributed by atoms with E-state index in [1.165, 1.54) is 16.2 Å². The first-order valence-corrected chi connectivity index (χ1v) is 11.4. The highest BCUT2D eigenvalue weighted by atomic mass is 35.5. The van der Waals surface area contributed by atoms with E-state index >= 15 is 0 Å². The van der Waals surface area contributed by atoms with Crippen LogP contribution in [0.1, 0.15) is 29.7 Å². The zero-order valence-electron chi connectivity index (χ0n) is 16.7. The summed E-state index contributed by atoms with van der Waals surface area (Å²) < 4.78 is 5.72. The summed E-state index contributed by atoms with van der Waals surface area (Å²) in [5.74, 6) is -1.08. The molecule has 2 aliphatic rings. The number of halogens is 2. The number of ketones is 1. The van der Waals surface area contributed by atoms with Crippen LogP contribution in [0.25, 0.3) is 5.76 Å². The Kier molecular flexibility index (Phi) is 5.20. The van der Waals surface area contributed by atoms with Gasteiger partial charge in [0.15, 0.2) is 5.13 Å². The number of aliphatic hydroxyl groups is 1. The Bertz CT molecular complexity index is 1290. The number of carbonyl (C=O) groups excluding carboxylic acids is 2. The van der Waals surface area contributed by atoms with E-state index in [0.29, 0.717) is 27.7 Å². The second kappa shape index (κ2) is 7.92. The highest BCUT2D eigenvalue weighted by Gasteiger charge is 2.48. The summed E-state index contributed by atoms with van der Waals surface area (Å²) in [4.78, 5) is 31.7. The number of rotatable bonds is 3. The Morgan fingerprint density at radius 1 is 1.19 bits per heavy atom. The van der Waals surface area contributed by atoms with Gasteiger partial charge < -0.3 is 9.84 Å². The molecule has 0 spiro atoms. The van der Waals surface area contributed by atoms with Crippen molar-refractivity contribution in [3.63, 3.8) is 0 Å². The topological polar surface area (TPSA) is 79.7 Å². The molecule has 1 aromatic heterocycles. The van der Waals surface area contributed by atoms with Crippen molar-refractivity contribution < 1.29 is 19.4 Å². The van der Waals surface area contributed by atoms with Gasteiger partial charge in [-0.25, -0.2) is 4.98 Å². The third-order valence-electron chi connectivity index (χ3n) is 5.50. The van der Waals surface area contributed by atoms with Crippen molar-refractivity contribution in [3.05, 3.63) is 80.3 Å². The molecule has 5 rings (SSSR count). The molecule has 9 heteroatoms. The number of fused-ring (bicyclic) bond motifs is 1. The van der Waals surface area contributed by atoms with Gasteiger partial charge in [0.1, 0.15) is 17.6 Å². The summed E-state index contributed by atoms with van der Waals surface area (Å²) in [7, 11) is 0. The van der Waals surface area contributed by atoms with Crippen LogP contribution >= 0.6 is 34.5 Å². The van der Waals surface area contributed by atoms with Gasteiger partial charge in [0.2, 0.25) is 0 Å². The summed E-state index contributed by atoms with van der Waals surface area (Å²) >= 11 is 13.5. The molecule has 32 heavy (non-hydrogen) atoms. The van der Waals surface area contributed by atoms with Crippen LogP contribution in [0.5, 0.6) is 5.75 Å². The number of benzene rings is 2. The van der Waals surface area contributed by atoms with E-state index in [4.69, 9.17) is 27.9 Å². The van der Waals surface area contributed by atoms with Gasteiger partial charge in [-0.3, -0.25) is 14.5 Å². The SMILES string of the molecule is C[C@@H]1Cc2cc(C(O)=C3C(=O)C(=O)N(c4nccs4)[C@@H]3c3ccc(Cl)c(Cl)c3)ccc2O1. The number of ether oxygens (including phenoxy) is 1. The van der Waals surface area contributed by atoms with Gasteiger partial charge in [0, 0.05) is 23.6 Å². The average molecular weight is 487 g/mol. The van der Waals surface area contributed by atoms with Crippen LogP contribution in [0, 0.1) is 0 Å². The van der Waals surface area contributed by atoms with E-state index < -0.39 is 17.7 Å². The van der Waals surface area contributed by atoms with Gasteiger partial charge in [-0.05, 0) is 48.4 Å². The number of Topliss-reactive ketones (excluding diaryl/α,β-unsaturated/α-hetero) is 1.